The number of hydrogen-bond acceptors (Lipinski definition) is 7. The third-order valence-electron chi connectivity index (χ3n) is 5.09. The Morgan fingerprint density at radius 1 is 1.18 bits per heavy atom. The minimum Gasteiger partial charge on any atom is -0.487 e. The second kappa shape index (κ2) is 10.5. The molecule has 1 aromatic carbocycles. The van der Waals surface area contributed by atoms with Crippen LogP contribution in [-0.2, 0) is 11.3 Å². The summed E-state index contributed by atoms with van der Waals surface area (Å²) in [5.41, 5.74) is 1.23. The van der Waals surface area contributed by atoms with Gasteiger partial charge in [0.1, 0.15) is 23.5 Å². The topological polar surface area (TPSA) is 93.6 Å². The Balaban J connectivity index is 1.37. The molecule has 0 unspecified atom stereocenters. The highest BCUT2D eigenvalue weighted by atomic mass is 35.5. The van der Waals surface area contributed by atoms with Crippen molar-refractivity contribution in [2.75, 3.05) is 24.6 Å². The van der Waals surface area contributed by atoms with Crippen molar-refractivity contribution in [3.05, 3.63) is 82.5 Å². The SMILES string of the molecule is CCOC(=O)c1ccc(CNC(=O)c2cc(Cl)cnc2N2CC(Oc3cccc(F)c3)C2)nc1. The smallest absolute Gasteiger partial charge is 0.339 e. The van der Waals surface area contributed by atoms with Crippen molar-refractivity contribution in [1.29, 1.82) is 0 Å². The summed E-state index contributed by atoms with van der Waals surface area (Å²) in [4.78, 5) is 35.0. The number of nitrogens with zero attached hydrogens (tertiary/aromatic N) is 3. The van der Waals surface area contributed by atoms with Crippen molar-refractivity contribution in [2.45, 2.75) is 19.6 Å². The molecule has 4 rings (SSSR count). The summed E-state index contributed by atoms with van der Waals surface area (Å²) in [5.74, 6) is -0.248. The quantitative estimate of drug-likeness (QED) is 0.488. The molecule has 0 bridgehead atoms. The van der Waals surface area contributed by atoms with E-state index in [4.69, 9.17) is 21.1 Å². The Hall–Kier alpha value is -3.72. The monoisotopic (exact) mass is 484 g/mol. The molecule has 0 aliphatic carbocycles. The number of ether oxygens (including phenoxy) is 2. The molecule has 34 heavy (non-hydrogen) atoms. The molecule has 0 saturated carbocycles. The van der Waals surface area contributed by atoms with E-state index in [0.717, 1.165) is 0 Å². The van der Waals surface area contributed by atoms with Crippen LogP contribution in [0.3, 0.4) is 0 Å². The van der Waals surface area contributed by atoms with Gasteiger partial charge >= 0.3 is 5.97 Å². The number of hydrogen-bond donors (Lipinski definition) is 1. The lowest BCUT2D eigenvalue weighted by Crippen LogP contribution is -2.54. The lowest BCUT2D eigenvalue weighted by molar-refractivity contribution is 0.0525. The number of carbonyl (C=O) groups is 2. The third-order valence-corrected chi connectivity index (χ3v) is 5.30. The van der Waals surface area contributed by atoms with E-state index >= 15 is 0 Å². The summed E-state index contributed by atoms with van der Waals surface area (Å²) in [5, 5.41) is 3.13. The maximum absolute atomic E-state index is 13.4. The van der Waals surface area contributed by atoms with Crippen molar-refractivity contribution in [2.24, 2.45) is 0 Å². The number of amides is 1. The van der Waals surface area contributed by atoms with E-state index in [1.165, 1.54) is 24.5 Å². The number of rotatable bonds is 8. The van der Waals surface area contributed by atoms with Crippen molar-refractivity contribution in [1.82, 2.24) is 15.3 Å². The summed E-state index contributed by atoms with van der Waals surface area (Å²) < 4.78 is 24.1. The van der Waals surface area contributed by atoms with Crippen LogP contribution in [0.5, 0.6) is 5.75 Å². The van der Waals surface area contributed by atoms with Crippen LogP contribution < -0.4 is 15.0 Å². The third kappa shape index (κ3) is 5.60. The Labute approximate surface area is 200 Å². The molecule has 1 N–H and O–H groups in total. The number of nitrogens with one attached hydrogen (secondary N) is 1. The summed E-state index contributed by atoms with van der Waals surface area (Å²) in [6, 6.07) is 10.8. The van der Waals surface area contributed by atoms with E-state index in [2.05, 4.69) is 15.3 Å². The molecule has 0 spiro atoms. The zero-order valence-corrected chi connectivity index (χ0v) is 19.1. The van der Waals surface area contributed by atoms with Crippen LogP contribution in [0, 0.1) is 5.82 Å². The molecule has 1 saturated heterocycles. The average molecular weight is 485 g/mol. The number of esters is 1. The van der Waals surface area contributed by atoms with Gasteiger partial charge in [-0.1, -0.05) is 17.7 Å². The van der Waals surface area contributed by atoms with Crippen LogP contribution in [0.4, 0.5) is 10.2 Å². The zero-order chi connectivity index (χ0) is 24.1. The number of pyridine rings is 2. The number of aromatic nitrogens is 2. The molecule has 1 fully saturated rings. The Bertz CT molecular complexity index is 1190. The van der Waals surface area contributed by atoms with Gasteiger partial charge in [0.25, 0.3) is 5.91 Å². The van der Waals surface area contributed by atoms with E-state index in [0.29, 0.717) is 46.5 Å². The standard InChI is InChI=1S/C24H22ClFN4O4/c1-2-33-24(32)15-6-7-18(27-10-15)12-29-23(31)21-8-16(25)11-28-22(21)30-13-20(14-30)34-19-5-3-4-17(26)9-19/h3-11,20H,2,12-14H2,1H3,(H,29,31). The Kier molecular flexibility index (Phi) is 7.22. The highest BCUT2D eigenvalue weighted by Gasteiger charge is 2.32. The van der Waals surface area contributed by atoms with Gasteiger partial charge in [-0.3, -0.25) is 9.78 Å². The van der Waals surface area contributed by atoms with Crippen molar-refractivity contribution >= 4 is 29.3 Å². The van der Waals surface area contributed by atoms with Gasteiger partial charge in [-0.25, -0.2) is 14.2 Å². The Morgan fingerprint density at radius 3 is 2.71 bits per heavy atom. The molecular weight excluding hydrogens is 463 g/mol. The van der Waals surface area contributed by atoms with Crippen molar-refractivity contribution < 1.29 is 23.5 Å². The summed E-state index contributed by atoms with van der Waals surface area (Å²) in [7, 11) is 0. The first-order valence-corrected chi connectivity index (χ1v) is 11.0. The molecule has 10 heteroatoms. The van der Waals surface area contributed by atoms with Gasteiger partial charge < -0.3 is 19.7 Å². The summed E-state index contributed by atoms with van der Waals surface area (Å²) in [6.45, 7) is 3.14. The fourth-order valence-corrected chi connectivity index (χ4v) is 3.56. The first-order valence-electron chi connectivity index (χ1n) is 10.7. The minimum absolute atomic E-state index is 0.152. The molecule has 8 nitrogen and oxygen atoms in total. The maximum atomic E-state index is 13.4. The van der Waals surface area contributed by atoms with E-state index in [9.17, 15) is 14.0 Å². The molecular formula is C24H22ClFN4O4. The van der Waals surface area contributed by atoms with Crippen LogP contribution in [0.2, 0.25) is 5.02 Å². The van der Waals surface area contributed by atoms with Crippen molar-refractivity contribution in [3.63, 3.8) is 0 Å². The fourth-order valence-electron chi connectivity index (χ4n) is 3.40. The van der Waals surface area contributed by atoms with Crippen LogP contribution >= 0.6 is 11.6 Å². The maximum Gasteiger partial charge on any atom is 0.339 e. The molecule has 2 aromatic heterocycles. The highest BCUT2D eigenvalue weighted by Crippen LogP contribution is 2.27. The lowest BCUT2D eigenvalue weighted by Gasteiger charge is -2.40. The predicted octanol–water partition coefficient (Wildman–Crippen LogP) is 3.64. The molecule has 176 valence electrons. The molecule has 1 amide bonds. The summed E-state index contributed by atoms with van der Waals surface area (Å²) in [6.07, 6.45) is 2.73. The van der Waals surface area contributed by atoms with E-state index < -0.39 is 5.97 Å². The summed E-state index contributed by atoms with van der Waals surface area (Å²) >= 11 is 6.09. The second-order valence-electron chi connectivity index (χ2n) is 7.57. The van der Waals surface area contributed by atoms with Gasteiger partial charge in [-0.05, 0) is 37.3 Å². The number of benzene rings is 1. The molecule has 1 aliphatic heterocycles. The van der Waals surface area contributed by atoms with Gasteiger partial charge in [0, 0.05) is 18.5 Å². The highest BCUT2D eigenvalue weighted by molar-refractivity contribution is 6.31. The van der Waals surface area contributed by atoms with Crippen LogP contribution in [-0.4, -0.2) is 47.6 Å². The number of halogens is 2. The van der Waals surface area contributed by atoms with Gasteiger partial charge in [0.05, 0.1) is 48.1 Å². The van der Waals surface area contributed by atoms with Gasteiger partial charge in [-0.15, -0.1) is 0 Å². The van der Waals surface area contributed by atoms with Crippen LogP contribution in [0.15, 0.2) is 54.9 Å². The van der Waals surface area contributed by atoms with E-state index in [-0.39, 0.29) is 31.0 Å². The predicted molar refractivity (Wildman–Crippen MR) is 124 cm³/mol. The second-order valence-corrected chi connectivity index (χ2v) is 8.00. The molecule has 0 radical (unpaired) electrons. The molecule has 1 aliphatic rings. The van der Waals surface area contributed by atoms with Gasteiger partial charge in [0.2, 0.25) is 0 Å². The van der Waals surface area contributed by atoms with E-state index in [1.54, 1.807) is 37.3 Å². The average Bonchev–Trinajstić information content (AvgIpc) is 2.80. The lowest BCUT2D eigenvalue weighted by atomic mass is 10.1. The minimum atomic E-state index is -0.450. The normalized spacial score (nSPS) is 13.2. The molecule has 3 aromatic rings. The number of carbonyl (C=O) groups excluding carboxylic acids is 2. The van der Waals surface area contributed by atoms with Gasteiger partial charge in [0.15, 0.2) is 0 Å². The Morgan fingerprint density at radius 2 is 2.00 bits per heavy atom. The fraction of sp³-hybridized carbons (Fsp3) is 0.250. The largest absolute Gasteiger partial charge is 0.487 e. The van der Waals surface area contributed by atoms with Crippen LogP contribution in [0.25, 0.3) is 0 Å². The van der Waals surface area contributed by atoms with Gasteiger partial charge in [-0.2, -0.15) is 0 Å². The number of anilines is 1. The molecule has 0 atom stereocenters. The van der Waals surface area contributed by atoms with Crippen LogP contribution in [0.1, 0.15) is 33.3 Å². The van der Waals surface area contributed by atoms with Crippen molar-refractivity contribution in [3.8, 4) is 5.75 Å². The first kappa shape index (κ1) is 23.4. The van der Waals surface area contributed by atoms with E-state index in [1.807, 2.05) is 4.90 Å². The molecule has 3 heterocycles. The zero-order valence-electron chi connectivity index (χ0n) is 18.3. The first-order chi connectivity index (χ1) is 16.4.